The molecule has 0 spiro atoms. The maximum Gasteiger partial charge on any atom is 0.573 e. The van der Waals surface area contributed by atoms with E-state index in [1.807, 2.05) is 34.9 Å². The van der Waals surface area contributed by atoms with Gasteiger partial charge in [0.25, 0.3) is 0 Å². The molecule has 2 heterocycles. The molecule has 0 aliphatic carbocycles. The van der Waals surface area contributed by atoms with Gasteiger partial charge in [-0.05, 0) is 78.9 Å². The van der Waals surface area contributed by atoms with Crippen molar-refractivity contribution in [3.8, 4) is 11.4 Å². The fraction of sp³-hybridized carbons (Fsp3) is 0.167. The number of hydrogen-bond acceptors (Lipinski definition) is 4. The monoisotopic (exact) mass is 559 g/mol. The zero-order chi connectivity index (χ0) is 27.9. The average Bonchev–Trinajstić information content (AvgIpc) is 3.56. The van der Waals surface area contributed by atoms with Gasteiger partial charge in [0.1, 0.15) is 18.4 Å². The number of thioether (sulfide) groups is 1. The minimum atomic E-state index is -4.73. The average molecular weight is 560 g/mol. The Morgan fingerprint density at radius 1 is 0.975 bits per heavy atom. The zero-order valence-corrected chi connectivity index (χ0v) is 22.5. The Kier molecular flexibility index (Phi) is 6.71. The molecule has 1 aliphatic rings. The molecule has 40 heavy (non-hydrogen) atoms. The molecule has 1 saturated heterocycles. The fourth-order valence-corrected chi connectivity index (χ4v) is 5.90. The number of imidazole rings is 1. The van der Waals surface area contributed by atoms with Crippen LogP contribution in [0, 0.1) is 13.8 Å². The number of anilines is 1. The Bertz CT molecular complexity index is 1760. The van der Waals surface area contributed by atoms with Crippen molar-refractivity contribution in [1.29, 1.82) is 0 Å². The first-order valence-electron chi connectivity index (χ1n) is 12.6. The highest BCUT2D eigenvalue weighted by Crippen LogP contribution is 2.32. The summed E-state index contributed by atoms with van der Waals surface area (Å²) in [6.45, 7) is 5.15. The number of hydrogen-bond donors (Lipinski definition) is 0. The molecule has 6 rings (SSSR count). The molecule has 1 aliphatic heterocycles. The molecular formula is C30H24F3N5OS. The molecule has 1 fully saturated rings. The maximum atomic E-state index is 12.5. The van der Waals surface area contributed by atoms with E-state index < -0.39 is 6.36 Å². The van der Waals surface area contributed by atoms with Gasteiger partial charge in [-0.2, -0.15) is 0 Å². The van der Waals surface area contributed by atoms with E-state index in [0.717, 1.165) is 45.0 Å². The Hall–Kier alpha value is -4.31. The molecule has 4 aromatic carbocycles. The number of halogens is 3. The lowest BCUT2D eigenvalue weighted by molar-refractivity contribution is -0.274. The highest BCUT2D eigenvalue weighted by molar-refractivity contribution is 8.14. The molecule has 5 aromatic rings. The highest BCUT2D eigenvalue weighted by atomic mass is 32.2. The summed E-state index contributed by atoms with van der Waals surface area (Å²) in [7, 11) is 0. The SMILES string of the molecule is Cc1cccc(C)c1N1CCS/C1=N\C=N\c1ccc2c(ccc3c2ncn3-c2ccc(OC(F)(F)F)cc2)c1. The summed E-state index contributed by atoms with van der Waals surface area (Å²) in [4.78, 5) is 16.1. The number of para-hydroxylation sites is 1. The predicted octanol–water partition coefficient (Wildman–Crippen LogP) is 7.96. The van der Waals surface area contributed by atoms with Crippen LogP contribution in [0.1, 0.15) is 11.1 Å². The number of aromatic nitrogens is 2. The van der Waals surface area contributed by atoms with Gasteiger partial charge in [-0.25, -0.2) is 15.0 Å². The summed E-state index contributed by atoms with van der Waals surface area (Å²) in [5.74, 6) is 0.707. The second-order valence-electron chi connectivity index (χ2n) is 9.39. The van der Waals surface area contributed by atoms with Gasteiger partial charge in [0.2, 0.25) is 0 Å². The number of amidine groups is 1. The molecule has 0 bridgehead atoms. The van der Waals surface area contributed by atoms with E-state index in [0.29, 0.717) is 5.69 Å². The van der Waals surface area contributed by atoms with Crippen molar-refractivity contribution in [2.75, 3.05) is 17.2 Å². The van der Waals surface area contributed by atoms with E-state index in [4.69, 9.17) is 0 Å². The molecular weight excluding hydrogens is 535 g/mol. The molecule has 0 atom stereocenters. The van der Waals surface area contributed by atoms with Crippen LogP contribution in [0.5, 0.6) is 5.75 Å². The quantitative estimate of drug-likeness (QED) is 0.162. The minimum absolute atomic E-state index is 0.270. The normalized spacial score (nSPS) is 15.2. The van der Waals surface area contributed by atoms with Crippen molar-refractivity contribution in [3.05, 3.63) is 90.3 Å². The van der Waals surface area contributed by atoms with E-state index in [1.165, 1.54) is 28.9 Å². The third-order valence-electron chi connectivity index (χ3n) is 6.73. The van der Waals surface area contributed by atoms with Crippen LogP contribution < -0.4 is 9.64 Å². The largest absolute Gasteiger partial charge is 0.573 e. The van der Waals surface area contributed by atoms with Gasteiger partial charge in [-0.1, -0.05) is 36.0 Å². The van der Waals surface area contributed by atoms with E-state index in [-0.39, 0.29) is 5.75 Å². The summed E-state index contributed by atoms with van der Waals surface area (Å²) in [5.41, 5.74) is 6.74. The number of alkyl halides is 3. The predicted molar refractivity (Wildman–Crippen MR) is 157 cm³/mol. The van der Waals surface area contributed by atoms with Crippen LogP contribution in [-0.4, -0.2) is 39.7 Å². The van der Waals surface area contributed by atoms with Crippen LogP contribution in [0.3, 0.4) is 0 Å². The third kappa shape index (κ3) is 5.14. The lowest BCUT2D eigenvalue weighted by Crippen LogP contribution is -2.25. The van der Waals surface area contributed by atoms with Crippen LogP contribution in [0.4, 0.5) is 24.5 Å². The van der Waals surface area contributed by atoms with E-state index in [2.05, 4.69) is 56.7 Å². The van der Waals surface area contributed by atoms with Gasteiger partial charge in [-0.3, -0.25) is 4.57 Å². The van der Waals surface area contributed by atoms with Gasteiger partial charge in [0.15, 0.2) is 5.17 Å². The second kappa shape index (κ2) is 10.3. The van der Waals surface area contributed by atoms with Gasteiger partial charge >= 0.3 is 6.36 Å². The fourth-order valence-electron chi connectivity index (χ4n) is 4.98. The highest BCUT2D eigenvalue weighted by Gasteiger charge is 2.31. The van der Waals surface area contributed by atoms with Crippen molar-refractivity contribution in [3.63, 3.8) is 0 Å². The van der Waals surface area contributed by atoms with Crippen LogP contribution >= 0.6 is 11.8 Å². The second-order valence-corrected chi connectivity index (χ2v) is 10.5. The van der Waals surface area contributed by atoms with Crippen molar-refractivity contribution >= 4 is 56.4 Å². The summed E-state index contributed by atoms with van der Waals surface area (Å²) < 4.78 is 43.3. The van der Waals surface area contributed by atoms with E-state index >= 15 is 0 Å². The van der Waals surface area contributed by atoms with Crippen LogP contribution in [0.2, 0.25) is 0 Å². The summed E-state index contributed by atoms with van der Waals surface area (Å²) in [5, 5.41) is 2.86. The molecule has 0 radical (unpaired) electrons. The number of rotatable bonds is 5. The number of ether oxygens (including phenoxy) is 1. The zero-order valence-electron chi connectivity index (χ0n) is 21.7. The summed E-state index contributed by atoms with van der Waals surface area (Å²) >= 11 is 1.72. The molecule has 0 unspecified atom stereocenters. The first-order chi connectivity index (χ1) is 19.3. The topological polar surface area (TPSA) is 55.0 Å². The smallest absolute Gasteiger partial charge is 0.406 e. The molecule has 10 heteroatoms. The van der Waals surface area contributed by atoms with Crippen molar-refractivity contribution in [2.45, 2.75) is 20.2 Å². The number of nitrogens with zero attached hydrogens (tertiary/aromatic N) is 5. The first-order valence-corrected chi connectivity index (χ1v) is 13.6. The van der Waals surface area contributed by atoms with Crippen molar-refractivity contribution in [1.82, 2.24) is 9.55 Å². The number of fused-ring (bicyclic) bond motifs is 3. The number of aliphatic imine (C=N–C) groups is 2. The molecule has 0 saturated carbocycles. The maximum absolute atomic E-state index is 12.5. The molecule has 0 amide bonds. The molecule has 0 N–H and O–H groups in total. The standard InChI is InChI=1S/C30H24F3N5OS/c1-19-4-3-5-20(2)28(19)37-14-15-40-29(37)35-17-34-22-7-12-25-21(16-22)6-13-26-27(25)36-18-38(26)23-8-10-24(11-9-23)39-30(31,32)33/h3-13,16-18H,14-15H2,1-2H3/b34-17+,35-29-. The molecule has 202 valence electrons. The van der Waals surface area contributed by atoms with Crippen LogP contribution in [0.15, 0.2) is 89.1 Å². The lowest BCUT2D eigenvalue weighted by atomic mass is 10.1. The minimum Gasteiger partial charge on any atom is -0.406 e. The van der Waals surface area contributed by atoms with Gasteiger partial charge in [0, 0.05) is 29.1 Å². The van der Waals surface area contributed by atoms with Crippen LogP contribution in [-0.2, 0) is 0 Å². The number of benzene rings is 4. The first kappa shape index (κ1) is 25.9. The summed E-state index contributed by atoms with van der Waals surface area (Å²) in [6, 6.07) is 21.8. The Labute approximate surface area is 232 Å². The lowest BCUT2D eigenvalue weighted by Gasteiger charge is -2.22. The number of aryl methyl sites for hydroxylation is 2. The van der Waals surface area contributed by atoms with Gasteiger partial charge < -0.3 is 9.64 Å². The third-order valence-corrected chi connectivity index (χ3v) is 7.70. The van der Waals surface area contributed by atoms with Crippen LogP contribution in [0.25, 0.3) is 27.5 Å². The Balaban J connectivity index is 1.25. The molecule has 6 nitrogen and oxygen atoms in total. The van der Waals surface area contributed by atoms with E-state index in [1.54, 1.807) is 36.6 Å². The Morgan fingerprint density at radius 2 is 1.75 bits per heavy atom. The summed E-state index contributed by atoms with van der Waals surface area (Å²) in [6.07, 6.45) is -1.46. The van der Waals surface area contributed by atoms with Gasteiger partial charge in [0.05, 0.1) is 16.7 Å². The van der Waals surface area contributed by atoms with Crippen molar-refractivity contribution in [2.24, 2.45) is 9.98 Å². The van der Waals surface area contributed by atoms with Crippen molar-refractivity contribution < 1.29 is 17.9 Å². The Morgan fingerprint density at radius 3 is 2.50 bits per heavy atom. The van der Waals surface area contributed by atoms with E-state index in [9.17, 15) is 13.2 Å². The molecule has 1 aromatic heterocycles. The van der Waals surface area contributed by atoms with Gasteiger partial charge in [-0.15, -0.1) is 13.2 Å².